The number of hydrogen-bond acceptors (Lipinski definition) is 3. The Morgan fingerprint density at radius 1 is 1.03 bits per heavy atom. The fourth-order valence-corrected chi connectivity index (χ4v) is 4.05. The summed E-state index contributed by atoms with van der Waals surface area (Å²) in [5.74, 6) is -0.144. The number of carboxylic acid groups (broad SMARTS) is 1. The average molecular weight is 405 g/mol. The van der Waals surface area contributed by atoms with E-state index in [2.05, 4.69) is 56.3 Å². The van der Waals surface area contributed by atoms with Crippen LogP contribution >= 0.6 is 0 Å². The van der Waals surface area contributed by atoms with Crippen LogP contribution in [0.4, 0.5) is 5.82 Å². The average Bonchev–Trinajstić information content (AvgIpc) is 2.71. The van der Waals surface area contributed by atoms with Crippen LogP contribution in [0.15, 0.2) is 42.5 Å². The maximum Gasteiger partial charge on any atom is 0.323 e. The third-order valence-electron chi connectivity index (χ3n) is 5.66. The van der Waals surface area contributed by atoms with Gasteiger partial charge in [-0.15, -0.1) is 0 Å². The normalized spacial score (nSPS) is 11.1. The molecule has 0 bridgehead atoms. The number of anilines is 1. The van der Waals surface area contributed by atoms with Crippen LogP contribution in [0.5, 0.6) is 0 Å². The second-order valence-corrected chi connectivity index (χ2v) is 8.21. The van der Waals surface area contributed by atoms with Crippen LogP contribution in [0.3, 0.4) is 0 Å². The lowest BCUT2D eigenvalue weighted by atomic mass is 9.93. The molecule has 4 heteroatoms. The van der Waals surface area contributed by atoms with E-state index in [-0.39, 0.29) is 6.54 Å². The zero-order valence-corrected chi connectivity index (χ0v) is 18.5. The number of rotatable bonds is 9. The molecule has 0 aliphatic carbocycles. The van der Waals surface area contributed by atoms with Crippen LogP contribution < -0.4 is 4.90 Å². The van der Waals surface area contributed by atoms with E-state index in [4.69, 9.17) is 4.98 Å². The Bertz CT molecular complexity index is 1030. The molecular formula is C26H32N2O2. The number of nitrogens with zero attached hydrogens (tertiary/aromatic N) is 2. The van der Waals surface area contributed by atoms with E-state index in [9.17, 15) is 9.90 Å². The summed E-state index contributed by atoms with van der Waals surface area (Å²) in [6, 6.07) is 15.1. The second kappa shape index (κ2) is 9.75. The van der Waals surface area contributed by atoms with Gasteiger partial charge in [0.05, 0.1) is 5.52 Å². The molecule has 30 heavy (non-hydrogen) atoms. The first-order valence-corrected chi connectivity index (χ1v) is 10.8. The predicted molar refractivity (Wildman–Crippen MR) is 125 cm³/mol. The molecule has 0 spiro atoms. The van der Waals surface area contributed by atoms with Crippen molar-refractivity contribution < 1.29 is 9.90 Å². The molecule has 0 saturated carbocycles. The monoisotopic (exact) mass is 404 g/mol. The standard InChI is InChI=1S/C26H32N2O2/c1-5-6-7-8-9-20-12-15-23-22(16-20)25(21-13-10-18(2)11-14-21)19(3)26(27-23)28(4)17-24(29)30/h10-16H,5-9,17H2,1-4H3,(H,29,30). The van der Waals surface area contributed by atoms with Crippen molar-refractivity contribution in [1.29, 1.82) is 0 Å². The van der Waals surface area contributed by atoms with Crippen LogP contribution in [-0.4, -0.2) is 29.7 Å². The second-order valence-electron chi connectivity index (χ2n) is 8.21. The smallest absolute Gasteiger partial charge is 0.323 e. The molecule has 158 valence electrons. The molecule has 3 aromatic rings. The van der Waals surface area contributed by atoms with Crippen molar-refractivity contribution in [2.75, 3.05) is 18.5 Å². The summed E-state index contributed by atoms with van der Waals surface area (Å²) in [5, 5.41) is 10.4. The van der Waals surface area contributed by atoms with Crippen LogP contribution in [0, 0.1) is 13.8 Å². The molecule has 4 nitrogen and oxygen atoms in total. The summed E-state index contributed by atoms with van der Waals surface area (Å²) in [5.41, 5.74) is 6.75. The predicted octanol–water partition coefficient (Wildman–Crippen LogP) is 6.16. The Balaban J connectivity index is 2.13. The highest BCUT2D eigenvalue weighted by Gasteiger charge is 2.18. The Kier molecular flexibility index (Phi) is 7.09. The number of carbonyl (C=O) groups is 1. The van der Waals surface area contributed by atoms with E-state index in [0.717, 1.165) is 39.8 Å². The quantitative estimate of drug-likeness (QED) is 0.434. The molecule has 2 aromatic carbocycles. The molecule has 0 aliphatic rings. The van der Waals surface area contributed by atoms with E-state index >= 15 is 0 Å². The number of carboxylic acids is 1. The highest BCUT2D eigenvalue weighted by molar-refractivity contribution is 5.99. The van der Waals surface area contributed by atoms with Crippen molar-refractivity contribution in [3.05, 3.63) is 59.2 Å². The largest absolute Gasteiger partial charge is 0.480 e. The molecule has 0 unspecified atom stereocenters. The zero-order valence-electron chi connectivity index (χ0n) is 18.5. The lowest BCUT2D eigenvalue weighted by molar-refractivity contribution is -0.135. The molecule has 1 aromatic heterocycles. The summed E-state index contributed by atoms with van der Waals surface area (Å²) < 4.78 is 0. The summed E-state index contributed by atoms with van der Waals surface area (Å²) in [6.45, 7) is 6.28. The van der Waals surface area contributed by atoms with Crippen LogP contribution in [-0.2, 0) is 11.2 Å². The summed E-state index contributed by atoms with van der Waals surface area (Å²) in [7, 11) is 1.79. The Morgan fingerprint density at radius 2 is 1.77 bits per heavy atom. The van der Waals surface area contributed by atoms with E-state index in [1.165, 1.54) is 36.8 Å². The van der Waals surface area contributed by atoms with E-state index in [0.29, 0.717) is 0 Å². The van der Waals surface area contributed by atoms with Gasteiger partial charge in [0.25, 0.3) is 0 Å². The highest BCUT2D eigenvalue weighted by atomic mass is 16.4. The Morgan fingerprint density at radius 3 is 2.43 bits per heavy atom. The Labute approximate surface area is 179 Å². The molecule has 1 N–H and O–H groups in total. The lowest BCUT2D eigenvalue weighted by Gasteiger charge is -2.22. The third kappa shape index (κ3) is 4.99. The van der Waals surface area contributed by atoms with Gasteiger partial charge >= 0.3 is 5.97 Å². The minimum atomic E-state index is -0.863. The van der Waals surface area contributed by atoms with Crippen molar-refractivity contribution >= 4 is 22.7 Å². The van der Waals surface area contributed by atoms with E-state index in [1.54, 1.807) is 11.9 Å². The SMILES string of the molecule is CCCCCCc1ccc2nc(N(C)CC(=O)O)c(C)c(-c3ccc(C)cc3)c2c1. The van der Waals surface area contributed by atoms with Crippen LogP contribution in [0.1, 0.15) is 49.3 Å². The van der Waals surface area contributed by atoms with Crippen LogP contribution in [0.2, 0.25) is 0 Å². The van der Waals surface area contributed by atoms with Crippen molar-refractivity contribution in [3.8, 4) is 11.1 Å². The van der Waals surface area contributed by atoms with Gasteiger partial charge in [0.2, 0.25) is 0 Å². The maximum absolute atomic E-state index is 11.3. The van der Waals surface area contributed by atoms with Gasteiger partial charge in [0.15, 0.2) is 0 Å². The van der Waals surface area contributed by atoms with Crippen LogP contribution in [0.25, 0.3) is 22.0 Å². The minimum Gasteiger partial charge on any atom is -0.480 e. The third-order valence-corrected chi connectivity index (χ3v) is 5.66. The van der Waals surface area contributed by atoms with Gasteiger partial charge in [-0.05, 0) is 55.5 Å². The maximum atomic E-state index is 11.3. The molecule has 3 rings (SSSR count). The zero-order chi connectivity index (χ0) is 21.7. The number of benzene rings is 2. The molecule has 0 fully saturated rings. The first-order chi connectivity index (χ1) is 14.4. The number of hydrogen-bond donors (Lipinski definition) is 1. The number of aliphatic carboxylic acids is 1. The number of aryl methyl sites for hydroxylation is 2. The summed E-state index contributed by atoms with van der Waals surface area (Å²) in [6.07, 6.45) is 6.05. The minimum absolute atomic E-state index is 0.0812. The number of unbranched alkanes of at least 4 members (excludes halogenated alkanes) is 3. The number of pyridine rings is 1. The summed E-state index contributed by atoms with van der Waals surface area (Å²) in [4.78, 5) is 17.8. The van der Waals surface area contributed by atoms with Crippen molar-refractivity contribution in [3.63, 3.8) is 0 Å². The fraction of sp³-hybridized carbons (Fsp3) is 0.385. The van der Waals surface area contributed by atoms with Gasteiger partial charge in [-0.3, -0.25) is 4.79 Å². The van der Waals surface area contributed by atoms with Gasteiger partial charge in [0, 0.05) is 18.0 Å². The van der Waals surface area contributed by atoms with Crippen molar-refractivity contribution in [2.24, 2.45) is 0 Å². The van der Waals surface area contributed by atoms with Gasteiger partial charge in [-0.2, -0.15) is 0 Å². The lowest BCUT2D eigenvalue weighted by Crippen LogP contribution is -2.26. The molecule has 0 amide bonds. The number of aromatic nitrogens is 1. The van der Waals surface area contributed by atoms with E-state index in [1.807, 2.05) is 6.92 Å². The molecule has 0 saturated heterocycles. The van der Waals surface area contributed by atoms with Gasteiger partial charge in [0.1, 0.15) is 12.4 Å². The number of likely N-dealkylation sites (N-methyl/N-ethyl adjacent to an activating group) is 1. The summed E-state index contributed by atoms with van der Waals surface area (Å²) >= 11 is 0. The number of fused-ring (bicyclic) bond motifs is 1. The molecule has 0 aliphatic heterocycles. The van der Waals surface area contributed by atoms with Crippen molar-refractivity contribution in [2.45, 2.75) is 52.9 Å². The fourth-order valence-electron chi connectivity index (χ4n) is 4.05. The first kappa shape index (κ1) is 21.8. The Hall–Kier alpha value is -2.88. The van der Waals surface area contributed by atoms with E-state index < -0.39 is 5.97 Å². The topological polar surface area (TPSA) is 53.4 Å². The van der Waals surface area contributed by atoms with Gasteiger partial charge in [-0.1, -0.05) is 62.1 Å². The molecule has 1 heterocycles. The van der Waals surface area contributed by atoms with Crippen molar-refractivity contribution in [1.82, 2.24) is 4.98 Å². The molecule has 0 atom stereocenters. The van der Waals surface area contributed by atoms with Gasteiger partial charge in [-0.25, -0.2) is 4.98 Å². The first-order valence-electron chi connectivity index (χ1n) is 10.8. The van der Waals surface area contributed by atoms with Gasteiger partial charge < -0.3 is 10.0 Å². The molecule has 0 radical (unpaired) electrons. The molecular weight excluding hydrogens is 372 g/mol. The highest BCUT2D eigenvalue weighted by Crippen LogP contribution is 2.36.